The highest BCUT2D eigenvalue weighted by atomic mass is 32.2. The van der Waals surface area contributed by atoms with Crippen LogP contribution in [0.1, 0.15) is 5.69 Å². The number of nitrogens with one attached hydrogen (secondary N) is 1. The average Bonchev–Trinajstić information content (AvgIpc) is 2.32. The van der Waals surface area contributed by atoms with Gasteiger partial charge in [0, 0.05) is 23.3 Å². The minimum Gasteiger partial charge on any atom is -0.399 e. The van der Waals surface area contributed by atoms with E-state index < -0.39 is 10.0 Å². The topological polar surface area (TPSA) is 98.0 Å². The second-order valence-electron chi connectivity index (χ2n) is 3.71. The molecule has 1 aromatic heterocycles. The fourth-order valence-corrected chi connectivity index (χ4v) is 2.31. The van der Waals surface area contributed by atoms with Crippen LogP contribution in [0.15, 0.2) is 41.7 Å². The maximum absolute atomic E-state index is 12.0. The number of nitrogens with zero attached hydrogens (tertiary/aromatic N) is 2. The molecule has 0 bridgehead atoms. The van der Waals surface area contributed by atoms with Crippen LogP contribution in [-0.4, -0.2) is 18.4 Å². The third-order valence-corrected chi connectivity index (χ3v) is 3.36. The van der Waals surface area contributed by atoms with Crippen molar-refractivity contribution in [3.05, 3.63) is 42.2 Å². The molecule has 1 aromatic carbocycles. The van der Waals surface area contributed by atoms with Crippen molar-refractivity contribution in [2.75, 3.05) is 10.5 Å². The molecule has 0 atom stereocenters. The normalized spacial score (nSPS) is 11.2. The average molecular weight is 264 g/mol. The lowest BCUT2D eigenvalue weighted by Crippen LogP contribution is -2.16. The molecule has 94 valence electrons. The van der Waals surface area contributed by atoms with E-state index >= 15 is 0 Å². The molecule has 0 unspecified atom stereocenters. The number of anilines is 2. The molecule has 0 fully saturated rings. The zero-order chi connectivity index (χ0) is 13.2. The van der Waals surface area contributed by atoms with Crippen LogP contribution in [0.3, 0.4) is 0 Å². The number of benzene rings is 1. The standard InChI is InChI=1S/C11H12N4O2S/c1-8-6-7-13-11(14-8)18(16,17)15-10-4-2-9(12)3-5-10/h2-7,15H,12H2,1H3. The van der Waals surface area contributed by atoms with Gasteiger partial charge in [-0.05, 0) is 37.3 Å². The molecule has 1 heterocycles. The minimum absolute atomic E-state index is 0.251. The van der Waals surface area contributed by atoms with E-state index in [9.17, 15) is 8.42 Å². The molecule has 7 heteroatoms. The van der Waals surface area contributed by atoms with Gasteiger partial charge in [0.1, 0.15) is 0 Å². The van der Waals surface area contributed by atoms with Crippen LogP contribution < -0.4 is 10.5 Å². The highest BCUT2D eigenvalue weighted by molar-refractivity contribution is 7.92. The maximum Gasteiger partial charge on any atom is 0.297 e. The molecule has 0 aliphatic rings. The molecule has 2 rings (SSSR count). The summed E-state index contributed by atoms with van der Waals surface area (Å²) in [7, 11) is -3.76. The first kappa shape index (κ1) is 12.3. The summed E-state index contributed by atoms with van der Waals surface area (Å²) in [6, 6.07) is 7.98. The van der Waals surface area contributed by atoms with E-state index in [2.05, 4.69) is 14.7 Å². The zero-order valence-corrected chi connectivity index (χ0v) is 10.5. The van der Waals surface area contributed by atoms with Gasteiger partial charge in [-0.25, -0.2) is 9.97 Å². The smallest absolute Gasteiger partial charge is 0.297 e. The van der Waals surface area contributed by atoms with Gasteiger partial charge in [-0.15, -0.1) is 0 Å². The molecule has 0 saturated heterocycles. The number of sulfonamides is 1. The number of nitrogens with two attached hydrogens (primary N) is 1. The number of aryl methyl sites for hydroxylation is 1. The molecule has 0 radical (unpaired) electrons. The van der Waals surface area contributed by atoms with Crippen molar-refractivity contribution >= 4 is 21.4 Å². The van der Waals surface area contributed by atoms with Crippen molar-refractivity contribution in [3.63, 3.8) is 0 Å². The van der Waals surface area contributed by atoms with E-state index in [4.69, 9.17) is 5.73 Å². The highest BCUT2D eigenvalue weighted by Gasteiger charge is 2.17. The van der Waals surface area contributed by atoms with Gasteiger partial charge >= 0.3 is 0 Å². The van der Waals surface area contributed by atoms with Crippen LogP contribution >= 0.6 is 0 Å². The summed E-state index contributed by atoms with van der Waals surface area (Å²) in [5.41, 5.74) is 7.08. The predicted octanol–water partition coefficient (Wildman–Crippen LogP) is 1.17. The van der Waals surface area contributed by atoms with Crippen LogP contribution in [0.5, 0.6) is 0 Å². The first-order valence-electron chi connectivity index (χ1n) is 5.15. The van der Waals surface area contributed by atoms with Gasteiger partial charge in [-0.3, -0.25) is 4.72 Å². The van der Waals surface area contributed by atoms with E-state index in [1.165, 1.54) is 6.20 Å². The summed E-state index contributed by atoms with van der Waals surface area (Å²) >= 11 is 0. The Morgan fingerprint density at radius 3 is 2.44 bits per heavy atom. The van der Waals surface area contributed by atoms with Gasteiger partial charge in [-0.2, -0.15) is 8.42 Å². The zero-order valence-electron chi connectivity index (χ0n) is 9.66. The number of hydrogen-bond acceptors (Lipinski definition) is 5. The first-order valence-corrected chi connectivity index (χ1v) is 6.64. The van der Waals surface area contributed by atoms with Crippen LogP contribution in [0.2, 0.25) is 0 Å². The van der Waals surface area contributed by atoms with Crippen molar-refractivity contribution in [1.29, 1.82) is 0 Å². The van der Waals surface area contributed by atoms with Crippen LogP contribution in [0, 0.1) is 6.92 Å². The molecule has 0 amide bonds. The van der Waals surface area contributed by atoms with Gasteiger partial charge in [-0.1, -0.05) is 0 Å². The summed E-state index contributed by atoms with van der Waals surface area (Å²) < 4.78 is 26.3. The Morgan fingerprint density at radius 2 is 1.83 bits per heavy atom. The van der Waals surface area contributed by atoms with Crippen LogP contribution in [0.4, 0.5) is 11.4 Å². The second-order valence-corrected chi connectivity index (χ2v) is 5.28. The van der Waals surface area contributed by atoms with Gasteiger partial charge in [0.2, 0.25) is 0 Å². The lowest BCUT2D eigenvalue weighted by atomic mass is 10.3. The highest BCUT2D eigenvalue weighted by Crippen LogP contribution is 2.14. The summed E-state index contributed by atoms with van der Waals surface area (Å²) in [5, 5.41) is -0.251. The SMILES string of the molecule is Cc1ccnc(S(=O)(=O)Nc2ccc(N)cc2)n1. The number of hydrogen-bond donors (Lipinski definition) is 2. The van der Waals surface area contributed by atoms with Gasteiger partial charge in [0.15, 0.2) is 0 Å². The molecule has 2 aromatic rings. The monoisotopic (exact) mass is 264 g/mol. The summed E-state index contributed by atoms with van der Waals surface area (Å²) in [5.74, 6) is 0. The molecule has 6 nitrogen and oxygen atoms in total. The molecular formula is C11H12N4O2S. The predicted molar refractivity (Wildman–Crippen MR) is 68.4 cm³/mol. The number of aromatic nitrogens is 2. The lowest BCUT2D eigenvalue weighted by molar-refractivity contribution is 0.591. The first-order chi connectivity index (χ1) is 8.47. The summed E-state index contributed by atoms with van der Waals surface area (Å²) in [6.45, 7) is 1.70. The minimum atomic E-state index is -3.76. The Morgan fingerprint density at radius 1 is 1.17 bits per heavy atom. The molecule has 0 saturated carbocycles. The molecule has 18 heavy (non-hydrogen) atoms. The van der Waals surface area contributed by atoms with E-state index in [0.29, 0.717) is 17.1 Å². The largest absolute Gasteiger partial charge is 0.399 e. The molecular weight excluding hydrogens is 252 g/mol. The van der Waals surface area contributed by atoms with Crippen molar-refractivity contribution in [1.82, 2.24) is 9.97 Å². The quantitative estimate of drug-likeness (QED) is 0.640. The molecule has 0 aliphatic carbocycles. The Bertz CT molecular complexity index is 653. The number of nitrogen functional groups attached to an aromatic ring is 1. The van der Waals surface area contributed by atoms with Gasteiger partial charge in [0.25, 0.3) is 15.2 Å². The third kappa shape index (κ3) is 2.75. The fraction of sp³-hybridized carbons (Fsp3) is 0.0909. The number of rotatable bonds is 3. The van der Waals surface area contributed by atoms with Gasteiger partial charge in [0.05, 0.1) is 0 Å². The van der Waals surface area contributed by atoms with Crippen molar-refractivity contribution in [2.24, 2.45) is 0 Å². The van der Waals surface area contributed by atoms with E-state index in [-0.39, 0.29) is 5.16 Å². The second kappa shape index (κ2) is 4.61. The van der Waals surface area contributed by atoms with Crippen LogP contribution in [0.25, 0.3) is 0 Å². The molecule has 0 aliphatic heterocycles. The van der Waals surface area contributed by atoms with E-state index in [0.717, 1.165) is 0 Å². The van der Waals surface area contributed by atoms with Crippen molar-refractivity contribution in [2.45, 2.75) is 12.1 Å². The Kier molecular flexibility index (Phi) is 3.15. The lowest BCUT2D eigenvalue weighted by Gasteiger charge is -2.07. The van der Waals surface area contributed by atoms with E-state index in [1.807, 2.05) is 0 Å². The van der Waals surface area contributed by atoms with Crippen molar-refractivity contribution in [3.8, 4) is 0 Å². The summed E-state index contributed by atoms with van der Waals surface area (Å²) in [4.78, 5) is 7.61. The maximum atomic E-state index is 12.0. The third-order valence-electron chi connectivity index (χ3n) is 2.18. The summed E-state index contributed by atoms with van der Waals surface area (Å²) in [6.07, 6.45) is 1.40. The van der Waals surface area contributed by atoms with E-state index in [1.54, 1.807) is 37.3 Å². The molecule has 0 spiro atoms. The fourth-order valence-electron chi connectivity index (χ4n) is 1.31. The van der Waals surface area contributed by atoms with Crippen molar-refractivity contribution < 1.29 is 8.42 Å². The van der Waals surface area contributed by atoms with Gasteiger partial charge < -0.3 is 5.73 Å². The Labute approximate surface area is 105 Å². The Balaban J connectivity index is 2.30. The Hall–Kier alpha value is -2.15. The van der Waals surface area contributed by atoms with Crippen LogP contribution in [-0.2, 0) is 10.0 Å². The molecule has 3 N–H and O–H groups in total.